The standard InChI is InChI=1S/C17H24O2/c1-12-8-9-16(10-13(12)2)17(18)14(3)19-11-15-6-4-5-7-15/h8-10,14-15H,4-7,11H2,1-3H3. The predicted octanol–water partition coefficient (Wildman–Crippen LogP) is 4.08. The number of carbonyl (C=O) groups is 1. The van der Waals surface area contributed by atoms with Gasteiger partial charge in [0.25, 0.3) is 0 Å². The second-order valence-corrected chi connectivity index (χ2v) is 5.79. The number of ether oxygens (including phenoxy) is 1. The van der Waals surface area contributed by atoms with Gasteiger partial charge in [0.05, 0.1) is 6.61 Å². The minimum atomic E-state index is -0.331. The van der Waals surface area contributed by atoms with Gasteiger partial charge in [-0.25, -0.2) is 0 Å². The highest BCUT2D eigenvalue weighted by molar-refractivity contribution is 5.99. The smallest absolute Gasteiger partial charge is 0.191 e. The van der Waals surface area contributed by atoms with Crippen molar-refractivity contribution in [1.29, 1.82) is 0 Å². The fourth-order valence-corrected chi connectivity index (χ4v) is 2.66. The molecule has 0 bridgehead atoms. The quantitative estimate of drug-likeness (QED) is 0.746. The molecule has 0 heterocycles. The summed E-state index contributed by atoms with van der Waals surface area (Å²) in [5, 5.41) is 0. The SMILES string of the molecule is Cc1ccc(C(=O)C(C)OCC2CCCC2)cc1C. The molecule has 0 spiro atoms. The number of hydrogen-bond acceptors (Lipinski definition) is 2. The molecule has 0 amide bonds. The normalized spacial score (nSPS) is 17.6. The van der Waals surface area contributed by atoms with Crippen LogP contribution in [-0.2, 0) is 4.74 Å². The Bertz CT molecular complexity index is 445. The van der Waals surface area contributed by atoms with Gasteiger partial charge >= 0.3 is 0 Å². The second-order valence-electron chi connectivity index (χ2n) is 5.79. The van der Waals surface area contributed by atoms with E-state index in [2.05, 4.69) is 6.92 Å². The predicted molar refractivity (Wildman–Crippen MR) is 77.6 cm³/mol. The Morgan fingerprint density at radius 2 is 1.95 bits per heavy atom. The maximum Gasteiger partial charge on any atom is 0.191 e. The van der Waals surface area contributed by atoms with Crippen molar-refractivity contribution in [3.63, 3.8) is 0 Å². The van der Waals surface area contributed by atoms with Crippen molar-refractivity contribution < 1.29 is 9.53 Å². The molecule has 1 aliphatic rings. The molecular formula is C17H24O2. The van der Waals surface area contributed by atoms with Crippen LogP contribution in [0.4, 0.5) is 0 Å². The lowest BCUT2D eigenvalue weighted by Crippen LogP contribution is -2.23. The van der Waals surface area contributed by atoms with E-state index < -0.39 is 0 Å². The zero-order valence-corrected chi connectivity index (χ0v) is 12.2. The molecule has 1 unspecified atom stereocenters. The lowest BCUT2D eigenvalue weighted by molar-refractivity contribution is 0.0351. The fraction of sp³-hybridized carbons (Fsp3) is 0.588. The van der Waals surface area contributed by atoms with E-state index in [-0.39, 0.29) is 11.9 Å². The summed E-state index contributed by atoms with van der Waals surface area (Å²) in [6, 6.07) is 5.87. The lowest BCUT2D eigenvalue weighted by atomic mass is 10.0. The van der Waals surface area contributed by atoms with E-state index in [9.17, 15) is 4.79 Å². The topological polar surface area (TPSA) is 26.3 Å². The van der Waals surface area contributed by atoms with Crippen LogP contribution in [0.1, 0.15) is 54.1 Å². The first-order valence-corrected chi connectivity index (χ1v) is 7.31. The van der Waals surface area contributed by atoms with Crippen LogP contribution in [0.15, 0.2) is 18.2 Å². The third-order valence-electron chi connectivity index (χ3n) is 4.22. The molecule has 1 fully saturated rings. The van der Waals surface area contributed by atoms with E-state index in [4.69, 9.17) is 4.74 Å². The molecule has 1 atom stereocenters. The Labute approximate surface area is 116 Å². The Balaban J connectivity index is 1.92. The van der Waals surface area contributed by atoms with Crippen LogP contribution in [0.3, 0.4) is 0 Å². The lowest BCUT2D eigenvalue weighted by Gasteiger charge is -2.16. The van der Waals surface area contributed by atoms with E-state index in [1.165, 1.54) is 31.2 Å². The summed E-state index contributed by atoms with van der Waals surface area (Å²) in [7, 11) is 0. The molecule has 1 aliphatic carbocycles. The number of rotatable bonds is 5. The fourth-order valence-electron chi connectivity index (χ4n) is 2.66. The van der Waals surface area contributed by atoms with E-state index in [0.29, 0.717) is 5.92 Å². The third-order valence-corrected chi connectivity index (χ3v) is 4.22. The highest BCUT2D eigenvalue weighted by Crippen LogP contribution is 2.25. The molecule has 19 heavy (non-hydrogen) atoms. The molecule has 1 aromatic carbocycles. The average Bonchev–Trinajstić information content (AvgIpc) is 2.91. The van der Waals surface area contributed by atoms with Crippen molar-refractivity contribution in [2.45, 2.75) is 52.6 Å². The van der Waals surface area contributed by atoms with Gasteiger partial charge in [0.1, 0.15) is 6.10 Å². The molecule has 1 aromatic rings. The van der Waals surface area contributed by atoms with Crippen LogP contribution >= 0.6 is 0 Å². The van der Waals surface area contributed by atoms with Gasteiger partial charge in [0.2, 0.25) is 0 Å². The van der Waals surface area contributed by atoms with Crippen molar-refractivity contribution in [2.75, 3.05) is 6.61 Å². The van der Waals surface area contributed by atoms with Gasteiger partial charge in [-0.1, -0.05) is 25.0 Å². The summed E-state index contributed by atoms with van der Waals surface area (Å²) >= 11 is 0. The molecular weight excluding hydrogens is 236 g/mol. The van der Waals surface area contributed by atoms with Crippen LogP contribution in [0.5, 0.6) is 0 Å². The Morgan fingerprint density at radius 1 is 1.26 bits per heavy atom. The number of carbonyl (C=O) groups excluding carboxylic acids is 1. The van der Waals surface area contributed by atoms with Gasteiger partial charge in [-0.15, -0.1) is 0 Å². The number of benzene rings is 1. The Morgan fingerprint density at radius 3 is 2.58 bits per heavy atom. The first-order valence-electron chi connectivity index (χ1n) is 7.31. The maximum atomic E-state index is 12.3. The van der Waals surface area contributed by atoms with Gasteiger partial charge < -0.3 is 4.74 Å². The number of Topliss-reactive ketones (excluding diaryl/α,β-unsaturated/α-hetero) is 1. The Kier molecular flexibility index (Phi) is 4.76. The van der Waals surface area contributed by atoms with Crippen molar-refractivity contribution in [2.24, 2.45) is 5.92 Å². The summed E-state index contributed by atoms with van der Waals surface area (Å²) in [4.78, 5) is 12.3. The van der Waals surface area contributed by atoms with Crippen LogP contribution in [0.25, 0.3) is 0 Å². The minimum Gasteiger partial charge on any atom is -0.370 e. The summed E-state index contributed by atoms with van der Waals surface area (Å²) in [6.07, 6.45) is 4.80. The summed E-state index contributed by atoms with van der Waals surface area (Å²) in [6.45, 7) is 6.70. The molecule has 0 N–H and O–H groups in total. The molecule has 2 heteroatoms. The van der Waals surface area contributed by atoms with Crippen molar-refractivity contribution >= 4 is 5.78 Å². The summed E-state index contributed by atoms with van der Waals surface area (Å²) in [5.74, 6) is 0.760. The van der Waals surface area contributed by atoms with Crippen LogP contribution in [0, 0.1) is 19.8 Å². The molecule has 2 rings (SSSR count). The first kappa shape index (κ1) is 14.3. The number of aryl methyl sites for hydroxylation is 2. The zero-order valence-electron chi connectivity index (χ0n) is 12.2. The van der Waals surface area contributed by atoms with E-state index in [1.807, 2.05) is 32.0 Å². The molecule has 0 aromatic heterocycles. The molecule has 2 nitrogen and oxygen atoms in total. The molecule has 104 valence electrons. The van der Waals surface area contributed by atoms with Crippen LogP contribution < -0.4 is 0 Å². The van der Waals surface area contributed by atoms with Gasteiger partial charge in [-0.2, -0.15) is 0 Å². The summed E-state index contributed by atoms with van der Waals surface area (Å²) < 4.78 is 5.76. The second kappa shape index (κ2) is 6.33. The van der Waals surface area contributed by atoms with Gasteiger partial charge in [0.15, 0.2) is 5.78 Å². The van der Waals surface area contributed by atoms with Crippen LogP contribution in [0.2, 0.25) is 0 Å². The first-order chi connectivity index (χ1) is 9.08. The Hall–Kier alpha value is -1.15. The number of hydrogen-bond donors (Lipinski definition) is 0. The zero-order chi connectivity index (χ0) is 13.8. The van der Waals surface area contributed by atoms with Gasteiger partial charge in [-0.05, 0) is 56.7 Å². The maximum absolute atomic E-state index is 12.3. The third kappa shape index (κ3) is 3.66. The average molecular weight is 260 g/mol. The van der Waals surface area contributed by atoms with Crippen molar-refractivity contribution in [3.05, 3.63) is 34.9 Å². The van der Waals surface area contributed by atoms with Crippen molar-refractivity contribution in [1.82, 2.24) is 0 Å². The number of ketones is 1. The van der Waals surface area contributed by atoms with E-state index in [1.54, 1.807) is 0 Å². The molecule has 0 saturated heterocycles. The molecule has 1 saturated carbocycles. The monoisotopic (exact) mass is 260 g/mol. The highest BCUT2D eigenvalue weighted by atomic mass is 16.5. The van der Waals surface area contributed by atoms with Crippen LogP contribution in [-0.4, -0.2) is 18.5 Å². The molecule has 0 aliphatic heterocycles. The van der Waals surface area contributed by atoms with E-state index in [0.717, 1.165) is 17.7 Å². The van der Waals surface area contributed by atoms with Gasteiger partial charge in [-0.3, -0.25) is 4.79 Å². The van der Waals surface area contributed by atoms with Gasteiger partial charge in [0, 0.05) is 5.56 Å². The minimum absolute atomic E-state index is 0.0982. The highest BCUT2D eigenvalue weighted by Gasteiger charge is 2.20. The largest absolute Gasteiger partial charge is 0.370 e. The summed E-state index contributed by atoms with van der Waals surface area (Å²) in [5.41, 5.74) is 3.15. The van der Waals surface area contributed by atoms with E-state index >= 15 is 0 Å². The van der Waals surface area contributed by atoms with Crippen molar-refractivity contribution in [3.8, 4) is 0 Å². The molecule has 0 radical (unpaired) electrons.